The second-order valence-electron chi connectivity index (χ2n) is 7.00. The number of nitrogens with one attached hydrogen (secondary N) is 3. The Hall–Kier alpha value is -2.36. The highest BCUT2D eigenvalue weighted by Crippen LogP contribution is 2.14. The number of carbonyl (C=O) groups is 1. The minimum atomic E-state index is -0.261. The number of rotatable bonds is 6. The highest BCUT2D eigenvalue weighted by atomic mass is 127. The van der Waals surface area contributed by atoms with Crippen LogP contribution in [0.3, 0.4) is 0 Å². The maximum absolute atomic E-state index is 13.3. The van der Waals surface area contributed by atoms with Gasteiger partial charge in [-0.15, -0.1) is 24.0 Å². The highest BCUT2D eigenvalue weighted by Gasteiger charge is 2.17. The molecule has 0 aromatic heterocycles. The monoisotopic (exact) mass is 525 g/mol. The molecule has 8 heteroatoms. The van der Waals surface area contributed by atoms with E-state index in [0.717, 1.165) is 49.3 Å². The molecule has 1 aliphatic heterocycles. The lowest BCUT2D eigenvalue weighted by molar-refractivity contribution is 0.222. The number of guanidine groups is 1. The lowest BCUT2D eigenvalue weighted by Gasteiger charge is -2.17. The van der Waals surface area contributed by atoms with Crippen molar-refractivity contribution in [2.75, 3.05) is 25.0 Å². The Labute approximate surface area is 194 Å². The molecule has 162 valence electrons. The Bertz CT molecular complexity index is 855. The van der Waals surface area contributed by atoms with Gasteiger partial charge in [0.05, 0.1) is 6.54 Å². The topological polar surface area (TPSA) is 68.8 Å². The Balaban J connectivity index is 0.00000320. The van der Waals surface area contributed by atoms with E-state index in [1.54, 1.807) is 6.07 Å². The van der Waals surface area contributed by atoms with Crippen LogP contribution in [-0.4, -0.2) is 36.5 Å². The van der Waals surface area contributed by atoms with Crippen LogP contribution < -0.4 is 16.0 Å². The van der Waals surface area contributed by atoms with Gasteiger partial charge in [0.15, 0.2) is 5.96 Å². The summed E-state index contributed by atoms with van der Waals surface area (Å²) in [5.74, 6) is 0.395. The maximum atomic E-state index is 13.3. The minimum absolute atomic E-state index is 0. The molecule has 0 bridgehead atoms. The molecular formula is C22H29FIN5O. The number of nitrogens with zero attached hydrogens (tertiary/aromatic N) is 2. The van der Waals surface area contributed by atoms with Crippen molar-refractivity contribution in [1.82, 2.24) is 15.5 Å². The van der Waals surface area contributed by atoms with Crippen molar-refractivity contribution < 1.29 is 9.18 Å². The smallest absolute Gasteiger partial charge is 0.321 e. The largest absolute Gasteiger partial charge is 0.357 e. The molecule has 0 radical (unpaired) electrons. The van der Waals surface area contributed by atoms with Crippen molar-refractivity contribution in [3.63, 3.8) is 0 Å². The van der Waals surface area contributed by atoms with Crippen LogP contribution in [0.4, 0.5) is 14.9 Å². The van der Waals surface area contributed by atoms with Crippen molar-refractivity contribution in [1.29, 1.82) is 0 Å². The van der Waals surface area contributed by atoms with Crippen LogP contribution in [0.25, 0.3) is 0 Å². The predicted molar refractivity (Wildman–Crippen MR) is 130 cm³/mol. The second kappa shape index (κ2) is 12.4. The summed E-state index contributed by atoms with van der Waals surface area (Å²) in [4.78, 5) is 18.6. The van der Waals surface area contributed by atoms with Crippen molar-refractivity contribution in [2.45, 2.75) is 32.9 Å². The summed E-state index contributed by atoms with van der Waals surface area (Å²) < 4.78 is 13.3. The van der Waals surface area contributed by atoms with E-state index >= 15 is 0 Å². The number of halogens is 2. The van der Waals surface area contributed by atoms with Gasteiger partial charge in [0.2, 0.25) is 0 Å². The summed E-state index contributed by atoms with van der Waals surface area (Å²) in [5, 5.41) is 9.44. The molecule has 2 aromatic rings. The summed E-state index contributed by atoms with van der Waals surface area (Å²) in [6.45, 7) is 5.30. The molecule has 30 heavy (non-hydrogen) atoms. The summed E-state index contributed by atoms with van der Waals surface area (Å²) in [7, 11) is 0. The normalized spacial score (nSPS) is 13.5. The summed E-state index contributed by atoms with van der Waals surface area (Å²) in [5.41, 5.74) is 2.62. The first-order valence-corrected chi connectivity index (χ1v) is 10.1. The molecule has 3 N–H and O–H groups in total. The second-order valence-corrected chi connectivity index (χ2v) is 7.00. The van der Waals surface area contributed by atoms with Crippen LogP contribution >= 0.6 is 24.0 Å². The van der Waals surface area contributed by atoms with Crippen LogP contribution in [0, 0.1) is 5.82 Å². The van der Waals surface area contributed by atoms with Gasteiger partial charge in [-0.05, 0) is 55.2 Å². The average Bonchev–Trinajstić information content (AvgIpc) is 3.25. The van der Waals surface area contributed by atoms with Crippen molar-refractivity contribution >= 4 is 41.7 Å². The molecule has 0 saturated carbocycles. The SMILES string of the molecule is CCNC(=NCc1cccc(F)c1)NCc1cccc(NC(=O)N2CCCC2)c1.I. The van der Waals surface area contributed by atoms with E-state index in [-0.39, 0.29) is 35.8 Å². The fraction of sp³-hybridized carbons (Fsp3) is 0.364. The van der Waals surface area contributed by atoms with Crippen LogP contribution in [0.2, 0.25) is 0 Å². The molecule has 2 aromatic carbocycles. The van der Waals surface area contributed by atoms with Crippen LogP contribution in [0.1, 0.15) is 30.9 Å². The summed E-state index contributed by atoms with van der Waals surface area (Å²) in [6.07, 6.45) is 2.14. The van der Waals surface area contributed by atoms with E-state index < -0.39 is 0 Å². The molecule has 0 atom stereocenters. The first-order chi connectivity index (χ1) is 14.1. The number of benzene rings is 2. The van der Waals surface area contributed by atoms with Gasteiger partial charge in [-0.3, -0.25) is 0 Å². The fourth-order valence-corrected chi connectivity index (χ4v) is 3.21. The number of likely N-dealkylation sites (tertiary alicyclic amines) is 1. The Morgan fingerprint density at radius 3 is 2.53 bits per heavy atom. The number of aliphatic imine (C=N–C) groups is 1. The van der Waals surface area contributed by atoms with E-state index in [2.05, 4.69) is 20.9 Å². The quantitative estimate of drug-likeness (QED) is 0.299. The Morgan fingerprint density at radius 1 is 1.07 bits per heavy atom. The van der Waals surface area contributed by atoms with Gasteiger partial charge in [0, 0.05) is 31.9 Å². The zero-order chi connectivity index (χ0) is 20.5. The number of anilines is 1. The molecular weight excluding hydrogens is 496 g/mol. The lowest BCUT2D eigenvalue weighted by atomic mass is 10.2. The van der Waals surface area contributed by atoms with Crippen molar-refractivity contribution in [3.8, 4) is 0 Å². The third kappa shape index (κ3) is 7.47. The van der Waals surface area contributed by atoms with Crippen LogP contribution in [0.15, 0.2) is 53.5 Å². The first kappa shape index (κ1) is 23.9. The molecule has 3 rings (SSSR count). The zero-order valence-corrected chi connectivity index (χ0v) is 19.5. The standard InChI is InChI=1S/C22H28FN5O.HI/c1-2-24-21(25-15-17-7-5-9-19(23)13-17)26-16-18-8-6-10-20(14-18)27-22(29)28-11-3-4-12-28;/h5-10,13-14H,2-4,11-12,15-16H2,1H3,(H,27,29)(H2,24,25,26);1H. The predicted octanol–water partition coefficient (Wildman–Crippen LogP) is 4.33. The van der Waals surface area contributed by atoms with Gasteiger partial charge in [0.25, 0.3) is 0 Å². The maximum Gasteiger partial charge on any atom is 0.321 e. The van der Waals surface area contributed by atoms with E-state index in [0.29, 0.717) is 19.0 Å². The minimum Gasteiger partial charge on any atom is -0.357 e. The van der Waals surface area contributed by atoms with Gasteiger partial charge < -0.3 is 20.9 Å². The number of hydrogen-bond acceptors (Lipinski definition) is 2. The first-order valence-electron chi connectivity index (χ1n) is 10.1. The number of hydrogen-bond donors (Lipinski definition) is 3. The molecule has 0 aliphatic carbocycles. The van der Waals surface area contributed by atoms with Gasteiger partial charge in [-0.25, -0.2) is 14.2 Å². The lowest BCUT2D eigenvalue weighted by Crippen LogP contribution is -2.36. The molecule has 0 spiro atoms. The highest BCUT2D eigenvalue weighted by molar-refractivity contribution is 14.0. The molecule has 6 nitrogen and oxygen atoms in total. The molecule has 1 heterocycles. The number of urea groups is 1. The molecule has 1 fully saturated rings. The van der Waals surface area contributed by atoms with Crippen molar-refractivity contribution in [3.05, 3.63) is 65.5 Å². The molecule has 2 amide bonds. The number of amides is 2. The van der Waals surface area contributed by atoms with Gasteiger partial charge in [-0.1, -0.05) is 24.3 Å². The van der Waals surface area contributed by atoms with E-state index in [9.17, 15) is 9.18 Å². The fourth-order valence-electron chi connectivity index (χ4n) is 3.21. The van der Waals surface area contributed by atoms with Gasteiger partial charge >= 0.3 is 6.03 Å². The van der Waals surface area contributed by atoms with Crippen LogP contribution in [-0.2, 0) is 13.1 Å². The van der Waals surface area contributed by atoms with E-state index in [1.807, 2.05) is 42.2 Å². The summed E-state index contributed by atoms with van der Waals surface area (Å²) in [6, 6.07) is 14.2. The molecule has 1 aliphatic rings. The number of carbonyl (C=O) groups excluding carboxylic acids is 1. The molecule has 1 saturated heterocycles. The average molecular weight is 525 g/mol. The van der Waals surface area contributed by atoms with Gasteiger partial charge in [-0.2, -0.15) is 0 Å². The third-order valence-corrected chi connectivity index (χ3v) is 4.68. The van der Waals surface area contributed by atoms with Crippen LogP contribution in [0.5, 0.6) is 0 Å². The van der Waals surface area contributed by atoms with E-state index in [1.165, 1.54) is 12.1 Å². The third-order valence-electron chi connectivity index (χ3n) is 4.68. The van der Waals surface area contributed by atoms with Gasteiger partial charge in [0.1, 0.15) is 5.82 Å². The Kier molecular flexibility index (Phi) is 9.85. The Morgan fingerprint density at radius 2 is 1.80 bits per heavy atom. The van der Waals surface area contributed by atoms with E-state index in [4.69, 9.17) is 0 Å². The molecule has 0 unspecified atom stereocenters. The summed E-state index contributed by atoms with van der Waals surface area (Å²) >= 11 is 0. The van der Waals surface area contributed by atoms with Crippen molar-refractivity contribution in [2.24, 2.45) is 4.99 Å². The zero-order valence-electron chi connectivity index (χ0n) is 17.2.